The van der Waals surface area contributed by atoms with Gasteiger partial charge in [-0.05, 0) is 90.9 Å². The molecule has 0 aliphatic carbocycles. The summed E-state index contributed by atoms with van der Waals surface area (Å²) >= 11 is 0. The van der Waals surface area contributed by atoms with Crippen LogP contribution in [0.4, 0.5) is 17.6 Å². The van der Waals surface area contributed by atoms with Crippen molar-refractivity contribution in [3.63, 3.8) is 0 Å². The number of alkyl halides is 3. The molecule has 39 heavy (non-hydrogen) atoms. The number of carboxylic acids is 1. The maximum absolute atomic E-state index is 14.5. The van der Waals surface area contributed by atoms with Gasteiger partial charge in [-0.1, -0.05) is 36.4 Å². The summed E-state index contributed by atoms with van der Waals surface area (Å²) < 4.78 is 46.2. The summed E-state index contributed by atoms with van der Waals surface area (Å²) in [6.07, 6.45) is -1.72. The van der Waals surface area contributed by atoms with E-state index in [0.29, 0.717) is 30.1 Å². The number of hydrogen-bond donors (Lipinski definition) is 4. The predicted molar refractivity (Wildman–Crippen MR) is 140 cm³/mol. The van der Waals surface area contributed by atoms with Gasteiger partial charge < -0.3 is 21.5 Å². The highest BCUT2D eigenvalue weighted by Crippen LogP contribution is 2.25. The molecule has 1 saturated heterocycles. The third-order valence-electron chi connectivity index (χ3n) is 6.37. The summed E-state index contributed by atoms with van der Waals surface area (Å²) in [7, 11) is 0. The topological polar surface area (TPSA) is 104 Å². The highest BCUT2D eigenvalue weighted by Gasteiger charge is 2.38. The minimum atomic E-state index is -5.08. The molecular formula is C29H31F4N3O3. The van der Waals surface area contributed by atoms with Crippen LogP contribution in [0.5, 0.6) is 0 Å². The van der Waals surface area contributed by atoms with E-state index >= 15 is 0 Å². The molecule has 1 aliphatic rings. The van der Waals surface area contributed by atoms with Gasteiger partial charge in [-0.2, -0.15) is 13.2 Å². The molecular weight excluding hydrogens is 514 g/mol. The first-order valence-electron chi connectivity index (χ1n) is 12.5. The van der Waals surface area contributed by atoms with Crippen molar-refractivity contribution in [2.75, 3.05) is 13.1 Å². The predicted octanol–water partition coefficient (Wildman–Crippen LogP) is 5.06. The Bertz CT molecular complexity index is 1270. The Labute approximate surface area is 224 Å². The molecule has 5 N–H and O–H groups in total. The van der Waals surface area contributed by atoms with Crippen molar-refractivity contribution in [2.24, 2.45) is 11.7 Å². The van der Waals surface area contributed by atoms with E-state index < -0.39 is 12.1 Å². The quantitative estimate of drug-likeness (QED) is 0.311. The minimum absolute atomic E-state index is 0.117. The summed E-state index contributed by atoms with van der Waals surface area (Å²) in [5, 5.41) is 13.5. The van der Waals surface area contributed by atoms with Crippen LogP contribution in [0, 0.1) is 11.7 Å². The van der Waals surface area contributed by atoms with Crippen LogP contribution in [-0.2, 0) is 24.3 Å². The Morgan fingerprint density at radius 1 is 0.949 bits per heavy atom. The van der Waals surface area contributed by atoms with E-state index in [-0.39, 0.29) is 11.7 Å². The number of nitrogens with two attached hydrogens (primary N) is 1. The normalized spacial score (nSPS) is 13.8. The summed E-state index contributed by atoms with van der Waals surface area (Å²) in [4.78, 5) is 21.7. The largest absolute Gasteiger partial charge is 0.490 e. The van der Waals surface area contributed by atoms with Gasteiger partial charge in [0.1, 0.15) is 5.82 Å². The number of nitrogens with one attached hydrogen (secondary N) is 2. The van der Waals surface area contributed by atoms with Crippen molar-refractivity contribution < 1.29 is 32.3 Å². The van der Waals surface area contributed by atoms with E-state index in [9.17, 15) is 22.4 Å². The Morgan fingerprint density at radius 2 is 1.62 bits per heavy atom. The van der Waals surface area contributed by atoms with Gasteiger partial charge in [0.2, 0.25) is 0 Å². The summed E-state index contributed by atoms with van der Waals surface area (Å²) in [5.74, 6) is -2.49. The highest BCUT2D eigenvalue weighted by atomic mass is 19.4. The number of benzene rings is 3. The standard InChI is InChI=1S/C27H30FN3O.C2HF3O2/c28-26-8-7-22(16-25(26)23-5-2-4-21(15-23)17-29)18-31-27(32)24-6-1-3-20(14-24)13-19-9-11-30-12-10-19;3-2(4,5)1(6)7/h1-8,14-16,19,30H,9-13,17-18,29H2,(H,31,32);(H,6,7). The lowest BCUT2D eigenvalue weighted by atomic mass is 9.90. The third kappa shape index (κ3) is 9.19. The van der Waals surface area contributed by atoms with Crippen LogP contribution >= 0.6 is 0 Å². The molecule has 1 amide bonds. The molecule has 0 unspecified atom stereocenters. The van der Waals surface area contributed by atoms with Crippen LogP contribution < -0.4 is 16.4 Å². The maximum Gasteiger partial charge on any atom is 0.490 e. The Kier molecular flexibility index (Phi) is 10.6. The number of carbonyl (C=O) groups is 2. The average Bonchev–Trinajstić information content (AvgIpc) is 2.93. The fraction of sp³-hybridized carbons (Fsp3) is 0.310. The summed E-state index contributed by atoms with van der Waals surface area (Å²) in [6, 6.07) is 20.4. The molecule has 6 nitrogen and oxygen atoms in total. The fourth-order valence-electron chi connectivity index (χ4n) is 4.31. The first-order chi connectivity index (χ1) is 18.6. The van der Waals surface area contributed by atoms with E-state index in [0.717, 1.165) is 36.2 Å². The van der Waals surface area contributed by atoms with Gasteiger partial charge in [-0.25, -0.2) is 9.18 Å². The van der Waals surface area contributed by atoms with Crippen molar-refractivity contribution in [2.45, 2.75) is 38.5 Å². The lowest BCUT2D eigenvalue weighted by Gasteiger charge is -2.22. The SMILES string of the molecule is NCc1cccc(-c2cc(CNC(=O)c3cccc(CC4CCNCC4)c3)ccc2F)c1.O=C(O)C(F)(F)F. The molecule has 3 aromatic carbocycles. The van der Waals surface area contributed by atoms with Crippen LogP contribution in [0.25, 0.3) is 11.1 Å². The lowest BCUT2D eigenvalue weighted by molar-refractivity contribution is -0.192. The van der Waals surface area contributed by atoms with Crippen molar-refractivity contribution >= 4 is 11.9 Å². The van der Waals surface area contributed by atoms with Gasteiger partial charge in [0.15, 0.2) is 0 Å². The van der Waals surface area contributed by atoms with Gasteiger partial charge >= 0.3 is 12.1 Å². The van der Waals surface area contributed by atoms with Crippen LogP contribution in [0.3, 0.4) is 0 Å². The monoisotopic (exact) mass is 545 g/mol. The average molecular weight is 546 g/mol. The van der Waals surface area contributed by atoms with Gasteiger partial charge in [-0.3, -0.25) is 4.79 Å². The van der Waals surface area contributed by atoms with Crippen molar-refractivity contribution in [3.05, 3.63) is 94.8 Å². The zero-order chi connectivity index (χ0) is 28.4. The zero-order valence-corrected chi connectivity index (χ0v) is 21.2. The van der Waals surface area contributed by atoms with Crippen molar-refractivity contribution in [1.82, 2.24) is 10.6 Å². The van der Waals surface area contributed by atoms with Gasteiger partial charge in [-0.15, -0.1) is 0 Å². The molecule has 3 aromatic rings. The second kappa shape index (κ2) is 13.9. The molecule has 4 rings (SSSR count). The molecule has 0 atom stereocenters. The lowest BCUT2D eigenvalue weighted by Crippen LogP contribution is -2.28. The fourth-order valence-corrected chi connectivity index (χ4v) is 4.31. The van der Waals surface area contributed by atoms with Crippen LogP contribution in [0.15, 0.2) is 66.7 Å². The van der Waals surface area contributed by atoms with E-state index in [4.69, 9.17) is 15.6 Å². The number of halogens is 4. The van der Waals surface area contributed by atoms with Gasteiger partial charge in [0, 0.05) is 24.2 Å². The Hall–Kier alpha value is -3.76. The first kappa shape index (κ1) is 29.8. The molecule has 0 spiro atoms. The zero-order valence-electron chi connectivity index (χ0n) is 21.2. The molecule has 0 saturated carbocycles. The van der Waals surface area contributed by atoms with Gasteiger partial charge in [0.05, 0.1) is 0 Å². The minimum Gasteiger partial charge on any atom is -0.475 e. The van der Waals surface area contributed by atoms with Crippen LogP contribution in [-0.4, -0.2) is 36.2 Å². The Balaban J connectivity index is 0.000000532. The molecule has 10 heteroatoms. The molecule has 0 aromatic heterocycles. The number of carboxylic acid groups (broad SMARTS) is 1. The van der Waals surface area contributed by atoms with E-state index in [2.05, 4.69) is 16.7 Å². The van der Waals surface area contributed by atoms with Crippen LogP contribution in [0.1, 0.15) is 39.9 Å². The number of carbonyl (C=O) groups excluding carboxylic acids is 1. The maximum atomic E-state index is 14.5. The molecule has 0 bridgehead atoms. The number of aliphatic carboxylic acids is 1. The molecule has 208 valence electrons. The molecule has 1 aliphatic heterocycles. The summed E-state index contributed by atoms with van der Waals surface area (Å²) in [5.41, 5.74) is 10.7. The molecule has 1 heterocycles. The van der Waals surface area contributed by atoms with Crippen molar-refractivity contribution in [1.29, 1.82) is 0 Å². The Morgan fingerprint density at radius 3 is 2.28 bits per heavy atom. The molecule has 1 fully saturated rings. The van der Waals surface area contributed by atoms with Crippen LogP contribution in [0.2, 0.25) is 0 Å². The number of amides is 1. The third-order valence-corrected chi connectivity index (χ3v) is 6.37. The van der Waals surface area contributed by atoms with E-state index in [1.165, 1.54) is 24.5 Å². The number of rotatable bonds is 7. The number of piperidine rings is 1. The molecule has 0 radical (unpaired) electrons. The second-order valence-corrected chi connectivity index (χ2v) is 9.30. The smallest absolute Gasteiger partial charge is 0.475 e. The van der Waals surface area contributed by atoms with Gasteiger partial charge in [0.25, 0.3) is 5.91 Å². The van der Waals surface area contributed by atoms with E-state index in [1.54, 1.807) is 12.1 Å². The first-order valence-corrected chi connectivity index (χ1v) is 12.5. The van der Waals surface area contributed by atoms with Crippen molar-refractivity contribution in [3.8, 4) is 11.1 Å². The van der Waals surface area contributed by atoms with E-state index in [1.807, 2.05) is 42.5 Å². The summed E-state index contributed by atoms with van der Waals surface area (Å²) in [6.45, 7) is 2.88. The highest BCUT2D eigenvalue weighted by molar-refractivity contribution is 5.94. The number of hydrogen-bond acceptors (Lipinski definition) is 4. The second-order valence-electron chi connectivity index (χ2n) is 9.30.